The Morgan fingerprint density at radius 1 is 0.625 bits per heavy atom. The van der Waals surface area contributed by atoms with Gasteiger partial charge in [0.15, 0.2) is 0 Å². The molecule has 2 aliphatic heterocycles. The van der Waals surface area contributed by atoms with Gasteiger partial charge in [-0.2, -0.15) is 0 Å². The number of amides is 8. The highest BCUT2D eigenvalue weighted by molar-refractivity contribution is 5.97. The molecule has 2 heterocycles. The molecule has 3 rings (SSSR count). The van der Waals surface area contributed by atoms with E-state index in [0.29, 0.717) is 83.0 Å². The van der Waals surface area contributed by atoms with Crippen LogP contribution in [0.2, 0.25) is 0 Å². The van der Waals surface area contributed by atoms with Crippen molar-refractivity contribution in [3.8, 4) is 5.75 Å². The van der Waals surface area contributed by atoms with Crippen molar-refractivity contribution < 1.29 is 58.5 Å². The first-order valence-corrected chi connectivity index (χ1v) is 25.2. The second kappa shape index (κ2) is 30.8. The number of hydrogen-bond acceptors (Lipinski definition) is 15. The minimum Gasteiger partial charge on any atom is -0.508 e. The number of rotatable bonds is 31. The first-order valence-electron chi connectivity index (χ1n) is 25.2. The summed E-state index contributed by atoms with van der Waals surface area (Å²) in [6.45, 7) is 5.57. The molecule has 1 aromatic rings. The van der Waals surface area contributed by atoms with Crippen LogP contribution >= 0.6 is 0 Å². The largest absolute Gasteiger partial charge is 0.508 e. The van der Waals surface area contributed by atoms with E-state index in [1.807, 2.05) is 0 Å². The van der Waals surface area contributed by atoms with E-state index in [2.05, 4.69) is 31.9 Å². The number of aliphatic carboxylic acids is 1. The van der Waals surface area contributed by atoms with Crippen molar-refractivity contribution in [2.75, 3.05) is 39.3 Å². The van der Waals surface area contributed by atoms with E-state index in [0.717, 1.165) is 0 Å². The van der Waals surface area contributed by atoms with E-state index in [1.54, 1.807) is 13.8 Å². The van der Waals surface area contributed by atoms with Crippen LogP contribution in [0.4, 0.5) is 0 Å². The molecule has 0 unspecified atom stereocenters. The van der Waals surface area contributed by atoms with Crippen LogP contribution in [-0.2, 0) is 49.6 Å². The van der Waals surface area contributed by atoms with Gasteiger partial charge in [0.05, 0.1) is 12.6 Å². The Balaban J connectivity index is 1.71. The van der Waals surface area contributed by atoms with Crippen molar-refractivity contribution >= 4 is 53.2 Å². The fraction of sp³-hybridized carbons (Fsp3) is 0.688. The number of aromatic hydroxyl groups is 1. The number of nitrogens with one attached hydrogen (secondary N) is 6. The average molecular weight is 1020 g/mol. The Bertz CT molecular complexity index is 1970. The molecule has 9 atom stereocenters. The van der Waals surface area contributed by atoms with E-state index >= 15 is 0 Å². The number of benzene rings is 1. The minimum absolute atomic E-state index is 0.0157. The van der Waals surface area contributed by atoms with Crippen molar-refractivity contribution in [1.82, 2.24) is 41.7 Å². The zero-order chi connectivity index (χ0) is 53.5. The Kier molecular flexibility index (Phi) is 25.8. The van der Waals surface area contributed by atoms with Crippen molar-refractivity contribution in [3.05, 3.63) is 29.8 Å². The molecule has 24 heteroatoms. The smallest absolute Gasteiger partial charge is 0.326 e. The molecule has 72 heavy (non-hydrogen) atoms. The summed E-state index contributed by atoms with van der Waals surface area (Å²) in [5.41, 5.74) is 23.5. The lowest BCUT2D eigenvalue weighted by Gasteiger charge is -2.30. The molecule has 0 bridgehead atoms. The number of likely N-dealkylation sites (tertiary alicyclic amines) is 2. The number of hydrogen-bond donors (Lipinski definition) is 13. The third kappa shape index (κ3) is 18.9. The van der Waals surface area contributed by atoms with Gasteiger partial charge in [-0.3, -0.25) is 38.4 Å². The number of carboxylic acid groups (broad SMARTS) is 1. The first kappa shape index (κ1) is 60.4. The highest BCUT2D eigenvalue weighted by Gasteiger charge is 2.40. The summed E-state index contributed by atoms with van der Waals surface area (Å²) >= 11 is 0. The summed E-state index contributed by atoms with van der Waals surface area (Å²) in [6.07, 6.45) is 3.52. The van der Waals surface area contributed by atoms with Crippen LogP contribution in [0.5, 0.6) is 5.75 Å². The zero-order valence-electron chi connectivity index (χ0n) is 41.9. The number of carbonyl (C=O) groups excluding carboxylic acids is 8. The molecule has 0 radical (unpaired) electrons. The quantitative estimate of drug-likeness (QED) is 0.0337. The van der Waals surface area contributed by atoms with Crippen LogP contribution in [0.25, 0.3) is 0 Å². The number of nitrogens with two attached hydrogens (primary N) is 4. The van der Waals surface area contributed by atoms with E-state index in [9.17, 15) is 58.5 Å². The van der Waals surface area contributed by atoms with E-state index in [1.165, 1.54) is 41.0 Å². The van der Waals surface area contributed by atoms with Crippen molar-refractivity contribution in [2.24, 2.45) is 28.9 Å². The number of phenols is 1. The summed E-state index contributed by atoms with van der Waals surface area (Å²) in [4.78, 5) is 124. The normalized spacial score (nSPS) is 18.5. The Morgan fingerprint density at radius 2 is 1.08 bits per heavy atom. The van der Waals surface area contributed by atoms with E-state index < -0.39 is 120 Å². The molecule has 24 nitrogen and oxygen atoms in total. The molecule has 1 aromatic carbocycles. The van der Waals surface area contributed by atoms with Gasteiger partial charge in [-0.25, -0.2) is 4.79 Å². The number of nitrogens with zero attached hydrogens (tertiary/aromatic N) is 2. The topological polar surface area (TPSA) is 397 Å². The summed E-state index contributed by atoms with van der Waals surface area (Å²) in [5, 5.41) is 45.4. The van der Waals surface area contributed by atoms with Gasteiger partial charge in [0.2, 0.25) is 47.3 Å². The SMILES string of the molecule is CC(C)[C@H](NC(=O)[C@H](CCCCN)NC(=O)[C@@H]1CCCN1C(=O)CNC(=O)[C@H](CCCCN)NC(=O)[C@@H]1CCCN1C(=O)[C@@H](N)[C@@H](C)O)C(=O)N[C@@H](CCCCN)C(=O)N[C@@H](Cc1ccc(O)cc1)C(=O)O. The number of carbonyl (C=O) groups is 9. The maximum atomic E-state index is 14.1. The van der Waals surface area contributed by atoms with Crippen LogP contribution in [-0.4, -0.2) is 172 Å². The second-order valence-corrected chi connectivity index (χ2v) is 19.0. The molecule has 0 aromatic heterocycles. The summed E-state index contributed by atoms with van der Waals surface area (Å²) in [7, 11) is 0. The number of phenolic OH excluding ortho intramolecular Hbond substituents is 1. The Morgan fingerprint density at radius 3 is 1.57 bits per heavy atom. The zero-order valence-corrected chi connectivity index (χ0v) is 41.9. The third-order valence-corrected chi connectivity index (χ3v) is 12.9. The molecule has 2 fully saturated rings. The van der Waals surface area contributed by atoms with Gasteiger partial charge in [-0.15, -0.1) is 0 Å². The minimum atomic E-state index is -1.38. The molecule has 0 aliphatic carbocycles. The number of aliphatic hydroxyl groups is 1. The Hall–Kier alpha value is -5.95. The van der Waals surface area contributed by atoms with Gasteiger partial charge in [0.25, 0.3) is 0 Å². The van der Waals surface area contributed by atoms with Gasteiger partial charge in [0.1, 0.15) is 54.1 Å². The fourth-order valence-electron chi connectivity index (χ4n) is 8.64. The predicted molar refractivity (Wildman–Crippen MR) is 265 cm³/mol. The highest BCUT2D eigenvalue weighted by Crippen LogP contribution is 2.21. The molecular weight excluding hydrogens is 937 g/mol. The molecule has 2 aliphatic rings. The number of aliphatic hydroxyl groups excluding tert-OH is 1. The molecular formula is C48H80N12O12. The van der Waals surface area contributed by atoms with E-state index in [4.69, 9.17) is 22.9 Å². The molecule has 0 spiro atoms. The number of carboxylic acids is 1. The van der Waals surface area contributed by atoms with Gasteiger partial charge in [-0.05, 0) is 134 Å². The molecule has 8 amide bonds. The molecule has 0 saturated carbocycles. The van der Waals surface area contributed by atoms with Crippen molar-refractivity contribution in [2.45, 2.75) is 165 Å². The van der Waals surface area contributed by atoms with Crippen LogP contribution in [0.15, 0.2) is 24.3 Å². The molecule has 2 saturated heterocycles. The predicted octanol–water partition coefficient (Wildman–Crippen LogP) is -2.71. The Labute approximate surface area is 421 Å². The lowest BCUT2D eigenvalue weighted by atomic mass is 10.00. The first-order chi connectivity index (χ1) is 34.2. The fourth-order valence-corrected chi connectivity index (χ4v) is 8.64. The van der Waals surface area contributed by atoms with Gasteiger partial charge in [-0.1, -0.05) is 26.0 Å². The summed E-state index contributed by atoms with van der Waals surface area (Å²) in [6, 6.07) is -3.40. The summed E-state index contributed by atoms with van der Waals surface area (Å²) < 4.78 is 0. The monoisotopic (exact) mass is 1020 g/mol. The lowest BCUT2D eigenvalue weighted by Crippen LogP contribution is -2.60. The third-order valence-electron chi connectivity index (χ3n) is 12.9. The van der Waals surface area contributed by atoms with Crippen LogP contribution in [0, 0.1) is 5.92 Å². The van der Waals surface area contributed by atoms with Crippen LogP contribution in [0.1, 0.15) is 110 Å². The van der Waals surface area contributed by atoms with Gasteiger partial charge < -0.3 is 80.0 Å². The molecule has 17 N–H and O–H groups in total. The molecule has 404 valence electrons. The van der Waals surface area contributed by atoms with Crippen LogP contribution in [0.3, 0.4) is 0 Å². The van der Waals surface area contributed by atoms with E-state index in [-0.39, 0.29) is 50.9 Å². The van der Waals surface area contributed by atoms with Gasteiger partial charge >= 0.3 is 5.97 Å². The van der Waals surface area contributed by atoms with Crippen molar-refractivity contribution in [1.29, 1.82) is 0 Å². The highest BCUT2D eigenvalue weighted by atomic mass is 16.4. The lowest BCUT2D eigenvalue weighted by molar-refractivity contribution is -0.142. The maximum absolute atomic E-state index is 14.1. The standard InChI is InChI=1S/C48H80N12O12/c1-28(2)40(46(69)56-33(13-5-8-22-50)42(65)57-35(48(71)72)26-30-17-19-31(62)20-18-30)58-43(66)34(14-6-9-23-51)55-44(67)36-15-10-24-59(36)38(63)27-53-41(64)32(12-4-7-21-49)54-45(68)37-16-11-25-60(37)47(70)39(52)29(3)61/h17-20,28-29,32-37,39-40,61-62H,4-16,21-27,49-52H2,1-3H3,(H,53,64)(H,54,68)(H,55,67)(H,56,69)(H,57,65)(H,58,66)(H,71,72)/t29-,32+,33+,34+,35+,36+,37+,39+,40+/m1/s1. The van der Waals surface area contributed by atoms with Crippen LogP contribution < -0.4 is 54.8 Å². The van der Waals surface area contributed by atoms with Gasteiger partial charge in [0, 0.05) is 19.5 Å². The maximum Gasteiger partial charge on any atom is 0.326 e. The second-order valence-electron chi connectivity index (χ2n) is 19.0. The number of unbranched alkanes of at least 4 members (excludes halogenated alkanes) is 3. The average Bonchev–Trinajstić information content (AvgIpc) is 4.05. The summed E-state index contributed by atoms with van der Waals surface area (Å²) in [5.74, 6) is -7.13. The van der Waals surface area contributed by atoms with Crippen molar-refractivity contribution in [3.63, 3.8) is 0 Å².